The lowest BCUT2D eigenvalue weighted by atomic mass is 10.2. The number of thiocarbonyl (C=S) groups is 1. The molecular weight excluding hydrogens is 232 g/mol. The standard InChI is InChI=1S/C9H20N2O2S2/c1-5-6-7(8(10)14)11-15(12,13)9(2,3)4/h7,11H,5-6H2,1-4H3,(H2,10,14). The molecule has 4 nitrogen and oxygen atoms in total. The van der Waals surface area contributed by atoms with Crippen molar-refractivity contribution in [1.29, 1.82) is 0 Å². The van der Waals surface area contributed by atoms with Crippen LogP contribution in [0.4, 0.5) is 0 Å². The smallest absolute Gasteiger partial charge is 0.217 e. The van der Waals surface area contributed by atoms with Crippen molar-refractivity contribution < 1.29 is 8.42 Å². The maximum absolute atomic E-state index is 11.8. The molecule has 0 saturated heterocycles. The van der Waals surface area contributed by atoms with Gasteiger partial charge in [-0.2, -0.15) is 0 Å². The molecule has 0 aliphatic rings. The Kier molecular flexibility index (Phi) is 5.16. The van der Waals surface area contributed by atoms with Gasteiger partial charge in [0.05, 0.1) is 15.8 Å². The highest BCUT2D eigenvalue weighted by Gasteiger charge is 2.31. The van der Waals surface area contributed by atoms with Crippen LogP contribution >= 0.6 is 12.2 Å². The van der Waals surface area contributed by atoms with E-state index in [1.807, 2.05) is 6.92 Å². The van der Waals surface area contributed by atoms with E-state index in [0.717, 1.165) is 6.42 Å². The molecule has 1 unspecified atom stereocenters. The molecule has 0 aliphatic heterocycles. The zero-order valence-electron chi connectivity index (χ0n) is 9.70. The zero-order chi connectivity index (χ0) is 12.3. The van der Waals surface area contributed by atoms with E-state index in [1.165, 1.54) is 0 Å². The van der Waals surface area contributed by atoms with Crippen LogP contribution in [-0.4, -0.2) is 24.2 Å². The molecule has 0 aromatic heterocycles. The second kappa shape index (κ2) is 5.23. The fourth-order valence-corrected chi connectivity index (χ4v) is 2.14. The van der Waals surface area contributed by atoms with Gasteiger partial charge in [-0.05, 0) is 27.2 Å². The van der Waals surface area contributed by atoms with E-state index < -0.39 is 20.8 Å². The molecule has 0 bridgehead atoms. The molecule has 3 N–H and O–H groups in total. The number of sulfonamides is 1. The van der Waals surface area contributed by atoms with Crippen LogP contribution in [0.2, 0.25) is 0 Å². The van der Waals surface area contributed by atoms with Gasteiger partial charge in [0, 0.05) is 0 Å². The predicted octanol–water partition coefficient (Wildman–Crippen LogP) is 1.16. The van der Waals surface area contributed by atoms with Crippen LogP contribution < -0.4 is 10.5 Å². The van der Waals surface area contributed by atoms with Crippen molar-refractivity contribution >= 4 is 27.2 Å². The maximum atomic E-state index is 11.8. The summed E-state index contributed by atoms with van der Waals surface area (Å²) >= 11 is 4.82. The third kappa shape index (κ3) is 4.44. The highest BCUT2D eigenvalue weighted by molar-refractivity contribution is 7.91. The Bertz CT molecular complexity index is 317. The van der Waals surface area contributed by atoms with Crippen LogP contribution in [0.5, 0.6) is 0 Å². The Labute approximate surface area is 97.7 Å². The molecule has 0 saturated carbocycles. The van der Waals surface area contributed by atoms with Gasteiger partial charge >= 0.3 is 0 Å². The molecule has 15 heavy (non-hydrogen) atoms. The lowest BCUT2D eigenvalue weighted by molar-refractivity contribution is 0.533. The van der Waals surface area contributed by atoms with E-state index in [4.69, 9.17) is 18.0 Å². The minimum absolute atomic E-state index is 0.199. The van der Waals surface area contributed by atoms with E-state index in [1.54, 1.807) is 20.8 Å². The summed E-state index contributed by atoms with van der Waals surface area (Å²) in [4.78, 5) is 0.199. The van der Waals surface area contributed by atoms with Crippen molar-refractivity contribution in [3.63, 3.8) is 0 Å². The molecule has 0 spiro atoms. The molecule has 0 aliphatic carbocycles. The molecule has 0 aromatic rings. The second-order valence-electron chi connectivity index (χ2n) is 4.48. The Morgan fingerprint density at radius 3 is 2.20 bits per heavy atom. The van der Waals surface area contributed by atoms with Gasteiger partial charge in [-0.3, -0.25) is 0 Å². The Balaban J connectivity index is 4.76. The van der Waals surface area contributed by atoms with Crippen LogP contribution in [-0.2, 0) is 10.0 Å². The fourth-order valence-electron chi connectivity index (χ4n) is 0.912. The summed E-state index contributed by atoms with van der Waals surface area (Å²) in [5.74, 6) is 0. The van der Waals surface area contributed by atoms with Gasteiger partial charge in [0.1, 0.15) is 0 Å². The normalized spacial score (nSPS) is 14.9. The van der Waals surface area contributed by atoms with Crippen LogP contribution in [0.15, 0.2) is 0 Å². The molecular formula is C9H20N2O2S2. The van der Waals surface area contributed by atoms with Crippen molar-refractivity contribution in [3.05, 3.63) is 0 Å². The summed E-state index contributed by atoms with van der Waals surface area (Å²) in [5.41, 5.74) is 5.48. The number of nitrogens with two attached hydrogens (primary N) is 1. The Morgan fingerprint density at radius 2 is 1.93 bits per heavy atom. The Morgan fingerprint density at radius 1 is 1.47 bits per heavy atom. The van der Waals surface area contributed by atoms with Crippen LogP contribution in [0.1, 0.15) is 40.5 Å². The molecule has 0 fully saturated rings. The second-order valence-corrected chi connectivity index (χ2v) is 7.42. The topological polar surface area (TPSA) is 72.2 Å². The van der Waals surface area contributed by atoms with Gasteiger partial charge in [0.15, 0.2) is 0 Å². The third-order valence-corrected chi connectivity index (χ3v) is 4.52. The van der Waals surface area contributed by atoms with Crippen LogP contribution in [0.3, 0.4) is 0 Å². The average Bonchev–Trinajstić information content (AvgIpc) is 2.00. The average molecular weight is 252 g/mol. The van der Waals surface area contributed by atoms with Gasteiger partial charge in [0.2, 0.25) is 10.0 Å². The Hall–Kier alpha value is -0.200. The molecule has 0 heterocycles. The number of nitrogens with one attached hydrogen (secondary N) is 1. The first-order valence-corrected chi connectivity index (χ1v) is 6.82. The lowest BCUT2D eigenvalue weighted by Crippen LogP contribution is -2.49. The summed E-state index contributed by atoms with van der Waals surface area (Å²) in [6.07, 6.45) is 1.46. The summed E-state index contributed by atoms with van der Waals surface area (Å²) in [6.45, 7) is 6.87. The number of hydrogen-bond donors (Lipinski definition) is 2. The largest absolute Gasteiger partial charge is 0.392 e. The van der Waals surface area contributed by atoms with Gasteiger partial charge in [-0.1, -0.05) is 25.6 Å². The molecule has 0 rings (SSSR count). The van der Waals surface area contributed by atoms with E-state index in [9.17, 15) is 8.42 Å². The lowest BCUT2D eigenvalue weighted by Gasteiger charge is -2.24. The summed E-state index contributed by atoms with van der Waals surface area (Å²) in [7, 11) is -3.38. The van der Waals surface area contributed by atoms with Crippen molar-refractivity contribution in [3.8, 4) is 0 Å². The van der Waals surface area contributed by atoms with E-state index in [2.05, 4.69) is 4.72 Å². The van der Waals surface area contributed by atoms with Crippen molar-refractivity contribution in [2.24, 2.45) is 5.73 Å². The monoisotopic (exact) mass is 252 g/mol. The first-order valence-electron chi connectivity index (χ1n) is 4.93. The SMILES string of the molecule is CCCC(NS(=O)(=O)C(C)(C)C)C(N)=S. The van der Waals surface area contributed by atoms with Crippen molar-refractivity contribution in [2.45, 2.75) is 51.3 Å². The molecule has 6 heteroatoms. The quantitative estimate of drug-likeness (QED) is 0.720. The van der Waals surface area contributed by atoms with Gasteiger partial charge < -0.3 is 5.73 Å². The number of rotatable bonds is 5. The highest BCUT2D eigenvalue weighted by atomic mass is 32.2. The van der Waals surface area contributed by atoms with Gasteiger partial charge in [-0.15, -0.1) is 0 Å². The summed E-state index contributed by atoms with van der Waals surface area (Å²) in [6, 6.07) is -0.436. The van der Waals surface area contributed by atoms with Crippen LogP contribution in [0, 0.1) is 0 Å². The van der Waals surface area contributed by atoms with Gasteiger partial charge in [-0.25, -0.2) is 13.1 Å². The van der Waals surface area contributed by atoms with Crippen LogP contribution in [0.25, 0.3) is 0 Å². The minimum Gasteiger partial charge on any atom is -0.392 e. The molecule has 0 radical (unpaired) electrons. The highest BCUT2D eigenvalue weighted by Crippen LogP contribution is 2.14. The van der Waals surface area contributed by atoms with E-state index >= 15 is 0 Å². The van der Waals surface area contributed by atoms with Crippen molar-refractivity contribution in [1.82, 2.24) is 4.72 Å². The molecule has 90 valence electrons. The molecule has 0 aromatic carbocycles. The zero-order valence-corrected chi connectivity index (χ0v) is 11.3. The summed E-state index contributed by atoms with van der Waals surface area (Å²) in [5, 5.41) is 0. The third-order valence-electron chi connectivity index (χ3n) is 2.02. The predicted molar refractivity (Wildman–Crippen MR) is 67.3 cm³/mol. The molecule has 1 atom stereocenters. The van der Waals surface area contributed by atoms with E-state index in [0.29, 0.717) is 6.42 Å². The number of hydrogen-bond acceptors (Lipinski definition) is 3. The minimum atomic E-state index is -3.38. The first-order chi connectivity index (χ1) is 6.62. The van der Waals surface area contributed by atoms with E-state index in [-0.39, 0.29) is 4.99 Å². The molecule has 0 amide bonds. The van der Waals surface area contributed by atoms with Crippen molar-refractivity contribution in [2.75, 3.05) is 0 Å². The fraction of sp³-hybridized carbons (Fsp3) is 0.889. The summed E-state index contributed by atoms with van der Waals surface area (Å²) < 4.78 is 25.3. The maximum Gasteiger partial charge on any atom is 0.217 e. The van der Waals surface area contributed by atoms with Gasteiger partial charge in [0.25, 0.3) is 0 Å². The first kappa shape index (κ1) is 14.8.